The Hall–Kier alpha value is -5.06. The fraction of sp³-hybridized carbons (Fsp3) is 0.0833. The van der Waals surface area contributed by atoms with Gasteiger partial charge in [-0.3, -0.25) is 29.9 Å². The van der Waals surface area contributed by atoms with Gasteiger partial charge in [0, 0.05) is 6.07 Å². The number of imide groups is 1. The summed E-state index contributed by atoms with van der Waals surface area (Å²) in [6, 6.07) is 16.3. The van der Waals surface area contributed by atoms with Crippen LogP contribution in [-0.4, -0.2) is 26.7 Å². The Balaban J connectivity index is 1.48. The lowest BCUT2D eigenvalue weighted by Gasteiger charge is -2.11. The zero-order valence-corrected chi connectivity index (χ0v) is 18.3. The van der Waals surface area contributed by atoms with E-state index in [1.165, 1.54) is 18.2 Å². The molecule has 0 bridgehead atoms. The Kier molecular flexibility index (Phi) is 6.23. The van der Waals surface area contributed by atoms with Gasteiger partial charge in [0.05, 0.1) is 22.5 Å². The van der Waals surface area contributed by atoms with E-state index in [-0.39, 0.29) is 23.7 Å². The van der Waals surface area contributed by atoms with Crippen molar-refractivity contribution in [1.29, 1.82) is 0 Å². The van der Waals surface area contributed by atoms with Gasteiger partial charge in [-0.05, 0) is 42.3 Å². The highest BCUT2D eigenvalue weighted by atomic mass is 16.6. The smallest absolute Gasteiger partial charge is 0.329 e. The van der Waals surface area contributed by atoms with Crippen molar-refractivity contribution in [3.63, 3.8) is 0 Å². The third kappa shape index (κ3) is 5.14. The number of carbonyl (C=O) groups is 2. The molecule has 0 spiro atoms. The number of non-ortho nitro benzene ring substituents is 1. The molecule has 11 nitrogen and oxygen atoms in total. The second kappa shape index (κ2) is 9.43. The van der Waals surface area contributed by atoms with E-state index in [1.807, 2.05) is 31.2 Å². The molecule has 1 heterocycles. The van der Waals surface area contributed by atoms with Crippen LogP contribution in [0.3, 0.4) is 0 Å². The Bertz CT molecular complexity index is 1370. The number of hydrogen-bond donors (Lipinski definition) is 1. The van der Waals surface area contributed by atoms with E-state index in [0.717, 1.165) is 34.2 Å². The summed E-state index contributed by atoms with van der Waals surface area (Å²) in [4.78, 5) is 46.8. The van der Waals surface area contributed by atoms with E-state index < -0.39 is 33.2 Å². The van der Waals surface area contributed by atoms with Crippen LogP contribution in [0.25, 0.3) is 6.08 Å². The lowest BCUT2D eigenvalue weighted by molar-refractivity contribution is -0.394. The molecule has 35 heavy (non-hydrogen) atoms. The quantitative estimate of drug-likeness (QED) is 0.226. The van der Waals surface area contributed by atoms with E-state index in [0.29, 0.717) is 5.56 Å². The van der Waals surface area contributed by atoms with Crippen LogP contribution in [0.5, 0.6) is 11.5 Å². The van der Waals surface area contributed by atoms with Crippen molar-refractivity contribution in [2.45, 2.75) is 13.5 Å². The SMILES string of the molecule is Cc1ccc(CN2C(=O)N/C(=C/c3ccc(Oc4ccc([N+](=O)[O-])cc4[N+](=O)[O-])cc3)C2=O)cc1. The number of ether oxygens (including phenoxy) is 1. The molecular formula is C24H18N4O7. The van der Waals surface area contributed by atoms with E-state index in [4.69, 9.17) is 4.74 Å². The molecular weight excluding hydrogens is 456 g/mol. The Labute approximate surface area is 198 Å². The van der Waals surface area contributed by atoms with Crippen molar-refractivity contribution in [3.05, 3.63) is 109 Å². The number of aryl methyl sites for hydroxylation is 1. The molecule has 3 amide bonds. The molecule has 1 fully saturated rings. The summed E-state index contributed by atoms with van der Waals surface area (Å²) in [6.07, 6.45) is 1.51. The van der Waals surface area contributed by atoms with Crippen molar-refractivity contribution >= 4 is 29.4 Å². The van der Waals surface area contributed by atoms with Crippen molar-refractivity contribution in [2.24, 2.45) is 0 Å². The Morgan fingerprint density at radius 1 is 0.943 bits per heavy atom. The number of rotatable bonds is 7. The lowest BCUT2D eigenvalue weighted by atomic mass is 10.1. The molecule has 0 unspecified atom stereocenters. The average Bonchev–Trinajstić information content (AvgIpc) is 3.09. The number of nitro groups is 2. The summed E-state index contributed by atoms with van der Waals surface area (Å²) in [5.74, 6) is -0.374. The molecule has 176 valence electrons. The maximum atomic E-state index is 12.7. The first kappa shape index (κ1) is 23.1. The average molecular weight is 474 g/mol. The van der Waals surface area contributed by atoms with Crippen LogP contribution in [0.2, 0.25) is 0 Å². The third-order valence-electron chi connectivity index (χ3n) is 5.19. The first-order valence-corrected chi connectivity index (χ1v) is 10.3. The van der Waals surface area contributed by atoms with Gasteiger partial charge in [-0.2, -0.15) is 0 Å². The first-order chi connectivity index (χ1) is 16.7. The van der Waals surface area contributed by atoms with Gasteiger partial charge in [0.2, 0.25) is 5.75 Å². The van der Waals surface area contributed by atoms with Gasteiger partial charge in [0.15, 0.2) is 0 Å². The summed E-state index contributed by atoms with van der Waals surface area (Å²) in [6.45, 7) is 2.09. The summed E-state index contributed by atoms with van der Waals surface area (Å²) < 4.78 is 5.53. The highest BCUT2D eigenvalue weighted by Gasteiger charge is 2.33. The fourth-order valence-corrected chi connectivity index (χ4v) is 3.37. The number of nitrogens with zero attached hydrogens (tertiary/aromatic N) is 3. The molecule has 11 heteroatoms. The minimum absolute atomic E-state index is 0.113. The summed E-state index contributed by atoms with van der Waals surface area (Å²) in [5, 5.41) is 24.7. The molecule has 0 radical (unpaired) electrons. The van der Waals surface area contributed by atoms with Crippen LogP contribution >= 0.6 is 0 Å². The van der Waals surface area contributed by atoms with E-state index in [9.17, 15) is 29.8 Å². The Morgan fingerprint density at radius 2 is 1.63 bits per heavy atom. The van der Waals surface area contributed by atoms with Crippen molar-refractivity contribution in [2.75, 3.05) is 0 Å². The molecule has 0 aromatic heterocycles. The van der Waals surface area contributed by atoms with Crippen molar-refractivity contribution in [3.8, 4) is 11.5 Å². The predicted octanol–water partition coefficient (Wildman–Crippen LogP) is 4.70. The van der Waals surface area contributed by atoms with Gasteiger partial charge in [0.25, 0.3) is 11.6 Å². The predicted molar refractivity (Wildman–Crippen MR) is 125 cm³/mol. The van der Waals surface area contributed by atoms with E-state index >= 15 is 0 Å². The standard InChI is InChI=1S/C24H18N4O7/c1-15-2-4-17(5-3-15)14-26-23(29)20(25-24(26)30)12-16-6-9-19(10-7-16)35-22-11-8-18(27(31)32)13-21(22)28(33)34/h2-13H,14H2,1H3,(H,25,30)/b20-12+. The number of hydrogen-bond acceptors (Lipinski definition) is 7. The molecule has 4 rings (SSSR count). The molecule has 0 atom stereocenters. The van der Waals surface area contributed by atoms with Crippen LogP contribution in [-0.2, 0) is 11.3 Å². The first-order valence-electron chi connectivity index (χ1n) is 10.3. The van der Waals surface area contributed by atoms with Crippen LogP contribution in [0, 0.1) is 27.2 Å². The molecule has 1 aliphatic rings. The zero-order chi connectivity index (χ0) is 25.1. The molecule has 0 saturated carbocycles. The second-order valence-corrected chi connectivity index (χ2v) is 7.70. The maximum Gasteiger partial charge on any atom is 0.329 e. The number of nitro benzene ring substituents is 2. The van der Waals surface area contributed by atoms with Gasteiger partial charge < -0.3 is 10.1 Å². The highest BCUT2D eigenvalue weighted by Crippen LogP contribution is 2.34. The number of carbonyl (C=O) groups excluding carboxylic acids is 2. The maximum absolute atomic E-state index is 12.7. The largest absolute Gasteiger partial charge is 0.450 e. The van der Waals surface area contributed by atoms with Gasteiger partial charge >= 0.3 is 11.7 Å². The number of amides is 3. The van der Waals surface area contributed by atoms with Crippen molar-refractivity contribution in [1.82, 2.24) is 10.2 Å². The molecule has 1 saturated heterocycles. The molecule has 1 N–H and O–H groups in total. The van der Waals surface area contributed by atoms with Crippen LogP contribution in [0.1, 0.15) is 16.7 Å². The van der Waals surface area contributed by atoms with Crippen LogP contribution < -0.4 is 10.1 Å². The van der Waals surface area contributed by atoms with E-state index in [2.05, 4.69) is 5.32 Å². The fourth-order valence-electron chi connectivity index (χ4n) is 3.37. The monoisotopic (exact) mass is 474 g/mol. The second-order valence-electron chi connectivity index (χ2n) is 7.70. The zero-order valence-electron chi connectivity index (χ0n) is 18.3. The summed E-state index contributed by atoms with van der Waals surface area (Å²) in [5.41, 5.74) is 1.62. The third-order valence-corrected chi connectivity index (χ3v) is 5.19. The minimum atomic E-state index is -0.766. The lowest BCUT2D eigenvalue weighted by Crippen LogP contribution is -2.30. The molecule has 1 aliphatic heterocycles. The number of urea groups is 1. The highest BCUT2D eigenvalue weighted by molar-refractivity contribution is 6.13. The summed E-state index contributed by atoms with van der Waals surface area (Å²) >= 11 is 0. The molecule has 0 aliphatic carbocycles. The number of benzene rings is 3. The van der Waals surface area contributed by atoms with E-state index in [1.54, 1.807) is 12.1 Å². The van der Waals surface area contributed by atoms with Gasteiger partial charge in [-0.15, -0.1) is 0 Å². The Morgan fingerprint density at radius 3 is 2.26 bits per heavy atom. The normalized spacial score (nSPS) is 14.2. The van der Waals surface area contributed by atoms with Gasteiger partial charge in [-0.25, -0.2) is 4.79 Å². The topological polar surface area (TPSA) is 145 Å². The number of nitrogens with one attached hydrogen (secondary N) is 1. The van der Waals surface area contributed by atoms with Crippen molar-refractivity contribution < 1.29 is 24.2 Å². The van der Waals surface area contributed by atoms with Crippen LogP contribution in [0.4, 0.5) is 16.2 Å². The van der Waals surface area contributed by atoms with Crippen LogP contribution in [0.15, 0.2) is 72.4 Å². The van der Waals surface area contributed by atoms with Gasteiger partial charge in [-0.1, -0.05) is 42.0 Å². The minimum Gasteiger partial charge on any atom is -0.450 e. The molecule has 3 aromatic carbocycles. The molecule has 3 aromatic rings. The van der Waals surface area contributed by atoms with Gasteiger partial charge in [0.1, 0.15) is 11.4 Å². The summed E-state index contributed by atoms with van der Waals surface area (Å²) in [7, 11) is 0.